The normalized spacial score (nSPS) is 19.0. The minimum absolute atomic E-state index is 0.209. The number of hydrogen-bond acceptors (Lipinski definition) is 3. The third kappa shape index (κ3) is 3.81. The molecule has 1 fully saturated rings. The molecule has 20 heavy (non-hydrogen) atoms. The van der Waals surface area contributed by atoms with Gasteiger partial charge in [-0.1, -0.05) is 45.0 Å². The van der Waals surface area contributed by atoms with Crippen molar-refractivity contribution in [3.05, 3.63) is 35.4 Å². The lowest BCUT2D eigenvalue weighted by Gasteiger charge is -2.35. The smallest absolute Gasteiger partial charge is 0.0594 e. The van der Waals surface area contributed by atoms with Gasteiger partial charge in [-0.3, -0.25) is 4.90 Å². The van der Waals surface area contributed by atoms with Crippen molar-refractivity contribution in [2.45, 2.75) is 38.6 Å². The molecule has 1 atom stereocenters. The van der Waals surface area contributed by atoms with Crippen LogP contribution in [0.1, 0.15) is 44.4 Å². The van der Waals surface area contributed by atoms with E-state index in [9.17, 15) is 0 Å². The fourth-order valence-corrected chi connectivity index (χ4v) is 2.81. The van der Waals surface area contributed by atoms with E-state index in [1.807, 2.05) is 0 Å². The van der Waals surface area contributed by atoms with Gasteiger partial charge in [0, 0.05) is 19.1 Å². The zero-order chi connectivity index (χ0) is 14.6. The summed E-state index contributed by atoms with van der Waals surface area (Å²) in [6, 6.07) is 9.50. The fraction of sp³-hybridized carbons (Fsp3) is 0.647. The molecule has 3 nitrogen and oxygen atoms in total. The van der Waals surface area contributed by atoms with Crippen molar-refractivity contribution in [2.75, 3.05) is 32.8 Å². The van der Waals surface area contributed by atoms with Crippen molar-refractivity contribution in [1.29, 1.82) is 0 Å². The van der Waals surface area contributed by atoms with Crippen LogP contribution in [0.2, 0.25) is 0 Å². The molecular formula is C17H28N2O. The molecule has 0 amide bonds. The third-order valence-electron chi connectivity index (χ3n) is 4.09. The van der Waals surface area contributed by atoms with Crippen molar-refractivity contribution in [3.8, 4) is 0 Å². The maximum atomic E-state index is 5.81. The van der Waals surface area contributed by atoms with E-state index in [-0.39, 0.29) is 5.41 Å². The monoisotopic (exact) mass is 276 g/mol. The number of ether oxygens (including phenoxy) is 1. The van der Waals surface area contributed by atoms with E-state index in [0.717, 1.165) is 39.3 Å². The van der Waals surface area contributed by atoms with Crippen LogP contribution in [0.25, 0.3) is 0 Å². The van der Waals surface area contributed by atoms with E-state index in [1.165, 1.54) is 11.1 Å². The molecule has 1 aliphatic heterocycles. The van der Waals surface area contributed by atoms with E-state index >= 15 is 0 Å². The highest BCUT2D eigenvalue weighted by molar-refractivity contribution is 5.29. The number of benzene rings is 1. The summed E-state index contributed by atoms with van der Waals surface area (Å²) in [6.07, 6.45) is 1.01. The molecule has 1 aromatic carbocycles. The number of hydrogen-bond donors (Lipinski definition) is 1. The average Bonchev–Trinajstić information content (AvgIpc) is 2.45. The maximum absolute atomic E-state index is 5.81. The number of rotatable bonds is 4. The van der Waals surface area contributed by atoms with Gasteiger partial charge < -0.3 is 10.5 Å². The summed E-state index contributed by atoms with van der Waals surface area (Å²) in [7, 11) is 0. The van der Waals surface area contributed by atoms with Crippen LogP contribution >= 0.6 is 0 Å². The Labute approximate surface area is 123 Å². The summed E-state index contributed by atoms with van der Waals surface area (Å²) in [5.41, 5.74) is 8.79. The summed E-state index contributed by atoms with van der Waals surface area (Å²) < 4.78 is 5.45. The van der Waals surface area contributed by atoms with Crippen molar-refractivity contribution in [2.24, 2.45) is 5.73 Å². The van der Waals surface area contributed by atoms with Crippen LogP contribution in [0, 0.1) is 0 Å². The van der Waals surface area contributed by atoms with Gasteiger partial charge in [0.25, 0.3) is 0 Å². The van der Waals surface area contributed by atoms with Crippen LogP contribution in [0.15, 0.2) is 24.3 Å². The van der Waals surface area contributed by atoms with Crippen LogP contribution in [-0.4, -0.2) is 37.7 Å². The Bertz CT molecular complexity index is 402. The first kappa shape index (κ1) is 15.5. The summed E-state index contributed by atoms with van der Waals surface area (Å²) in [4.78, 5) is 2.50. The SMILES string of the molecule is CC(C)(C)c1ccc(C(CCN)N2CCOCC2)cc1. The lowest BCUT2D eigenvalue weighted by atomic mass is 9.86. The average molecular weight is 276 g/mol. The quantitative estimate of drug-likeness (QED) is 0.919. The molecule has 1 aromatic rings. The Morgan fingerprint density at radius 1 is 1.15 bits per heavy atom. The molecule has 1 unspecified atom stereocenters. The molecule has 112 valence electrons. The second kappa shape index (κ2) is 6.70. The minimum Gasteiger partial charge on any atom is -0.379 e. The van der Waals surface area contributed by atoms with Gasteiger partial charge in [0.05, 0.1) is 13.2 Å². The Balaban J connectivity index is 2.16. The Morgan fingerprint density at radius 2 is 1.75 bits per heavy atom. The molecule has 0 aromatic heterocycles. The Kier molecular flexibility index (Phi) is 5.19. The standard InChI is InChI=1S/C17H28N2O/c1-17(2,3)15-6-4-14(5-7-15)16(8-9-18)19-10-12-20-13-11-19/h4-7,16H,8-13,18H2,1-3H3. The van der Waals surface area contributed by atoms with Gasteiger partial charge in [0.15, 0.2) is 0 Å². The van der Waals surface area contributed by atoms with Crippen molar-refractivity contribution in [3.63, 3.8) is 0 Å². The summed E-state index contributed by atoms with van der Waals surface area (Å²) in [5.74, 6) is 0. The molecule has 2 rings (SSSR count). The van der Waals surface area contributed by atoms with Gasteiger partial charge >= 0.3 is 0 Å². The maximum Gasteiger partial charge on any atom is 0.0594 e. The molecule has 2 N–H and O–H groups in total. The lowest BCUT2D eigenvalue weighted by molar-refractivity contribution is 0.0147. The van der Waals surface area contributed by atoms with E-state index in [0.29, 0.717) is 6.04 Å². The largest absolute Gasteiger partial charge is 0.379 e. The van der Waals surface area contributed by atoms with E-state index < -0.39 is 0 Å². The summed E-state index contributed by atoms with van der Waals surface area (Å²) in [5, 5.41) is 0. The topological polar surface area (TPSA) is 38.5 Å². The number of morpholine rings is 1. The number of nitrogens with zero attached hydrogens (tertiary/aromatic N) is 1. The first-order chi connectivity index (χ1) is 9.52. The second-order valence-corrected chi connectivity index (χ2v) is 6.61. The number of nitrogens with two attached hydrogens (primary N) is 1. The molecule has 0 saturated carbocycles. The van der Waals surface area contributed by atoms with Crippen molar-refractivity contribution < 1.29 is 4.74 Å². The first-order valence-electron chi connectivity index (χ1n) is 7.64. The zero-order valence-electron chi connectivity index (χ0n) is 13.1. The third-order valence-corrected chi connectivity index (χ3v) is 4.09. The van der Waals surface area contributed by atoms with E-state index in [4.69, 9.17) is 10.5 Å². The molecule has 1 heterocycles. The van der Waals surface area contributed by atoms with Crippen LogP contribution in [0.4, 0.5) is 0 Å². The molecule has 0 radical (unpaired) electrons. The molecule has 3 heteroatoms. The molecular weight excluding hydrogens is 248 g/mol. The summed E-state index contributed by atoms with van der Waals surface area (Å²) in [6.45, 7) is 11.2. The highest BCUT2D eigenvalue weighted by Gasteiger charge is 2.22. The lowest BCUT2D eigenvalue weighted by Crippen LogP contribution is -2.39. The summed E-state index contributed by atoms with van der Waals surface area (Å²) >= 11 is 0. The minimum atomic E-state index is 0.209. The molecule has 1 saturated heterocycles. The van der Waals surface area contributed by atoms with Crippen molar-refractivity contribution in [1.82, 2.24) is 4.90 Å². The molecule has 1 aliphatic rings. The first-order valence-corrected chi connectivity index (χ1v) is 7.64. The van der Waals surface area contributed by atoms with Gasteiger partial charge in [-0.05, 0) is 29.5 Å². The molecule has 0 aliphatic carbocycles. The predicted molar refractivity (Wildman–Crippen MR) is 83.9 cm³/mol. The van der Waals surface area contributed by atoms with Gasteiger partial charge in [0.1, 0.15) is 0 Å². The van der Waals surface area contributed by atoms with E-state index in [1.54, 1.807) is 0 Å². The van der Waals surface area contributed by atoms with Crippen LogP contribution in [0.3, 0.4) is 0 Å². The van der Waals surface area contributed by atoms with Crippen LogP contribution in [0.5, 0.6) is 0 Å². The highest BCUT2D eigenvalue weighted by Crippen LogP contribution is 2.28. The highest BCUT2D eigenvalue weighted by atomic mass is 16.5. The van der Waals surface area contributed by atoms with E-state index in [2.05, 4.69) is 49.9 Å². The van der Waals surface area contributed by atoms with Crippen LogP contribution in [-0.2, 0) is 10.2 Å². The van der Waals surface area contributed by atoms with Crippen molar-refractivity contribution >= 4 is 0 Å². The molecule has 0 bridgehead atoms. The van der Waals surface area contributed by atoms with Gasteiger partial charge in [0.2, 0.25) is 0 Å². The predicted octanol–water partition coefficient (Wildman–Crippen LogP) is 2.71. The van der Waals surface area contributed by atoms with Gasteiger partial charge in [-0.2, -0.15) is 0 Å². The molecule has 0 spiro atoms. The van der Waals surface area contributed by atoms with Crippen LogP contribution < -0.4 is 5.73 Å². The Morgan fingerprint density at radius 3 is 2.25 bits per heavy atom. The van der Waals surface area contributed by atoms with Gasteiger partial charge in [-0.25, -0.2) is 0 Å². The second-order valence-electron chi connectivity index (χ2n) is 6.61. The van der Waals surface area contributed by atoms with Gasteiger partial charge in [-0.15, -0.1) is 0 Å². The fourth-order valence-electron chi connectivity index (χ4n) is 2.81. The Hall–Kier alpha value is -0.900. The zero-order valence-corrected chi connectivity index (χ0v) is 13.1.